The van der Waals surface area contributed by atoms with Crippen LogP contribution < -0.4 is 0 Å². The first-order valence-electron chi connectivity index (χ1n) is 17.9. The van der Waals surface area contributed by atoms with E-state index in [-0.39, 0.29) is 51.6 Å². The minimum atomic E-state index is -1.50. The third-order valence-corrected chi connectivity index (χ3v) is 15.9. The third-order valence-electron chi connectivity index (χ3n) is 15.9. The molecule has 17 atom stereocenters. The van der Waals surface area contributed by atoms with Gasteiger partial charge in [-0.05, 0) is 117 Å². The average Bonchev–Trinajstić information content (AvgIpc) is 3.31. The van der Waals surface area contributed by atoms with E-state index in [9.17, 15) is 35.7 Å². The minimum Gasteiger partial charge on any atom is -0.394 e. The molecular formula is C36H60O10. The zero-order valence-electron chi connectivity index (χ0n) is 28.9. The summed E-state index contributed by atoms with van der Waals surface area (Å²) in [6.45, 7) is 14.3. The second-order valence-electron chi connectivity index (χ2n) is 18.7. The van der Waals surface area contributed by atoms with E-state index < -0.39 is 66.1 Å². The van der Waals surface area contributed by atoms with Crippen LogP contribution in [0.5, 0.6) is 0 Å². The Bertz CT molecular complexity index is 1200. The Hall–Kier alpha value is -0.400. The highest BCUT2D eigenvalue weighted by Gasteiger charge is 2.85. The molecule has 5 saturated carbocycles. The van der Waals surface area contributed by atoms with Gasteiger partial charge in [-0.3, -0.25) is 0 Å². The lowest BCUT2D eigenvalue weighted by molar-refractivity contribution is -0.329. The van der Waals surface area contributed by atoms with E-state index in [0.717, 1.165) is 38.5 Å². The van der Waals surface area contributed by atoms with Crippen molar-refractivity contribution < 1.29 is 50.0 Å². The smallest absolute Gasteiger partial charge is 0.186 e. The highest BCUT2D eigenvalue weighted by Crippen LogP contribution is 2.89. The number of aliphatic hydroxyl groups is 7. The van der Waals surface area contributed by atoms with Gasteiger partial charge in [0, 0.05) is 5.92 Å². The molecule has 2 spiro atoms. The van der Waals surface area contributed by atoms with E-state index in [1.807, 2.05) is 13.8 Å². The Kier molecular flexibility index (Phi) is 7.65. The van der Waals surface area contributed by atoms with Crippen LogP contribution in [0, 0.1) is 44.8 Å². The maximum Gasteiger partial charge on any atom is 0.186 e. The quantitative estimate of drug-likeness (QED) is 0.219. The number of rotatable bonds is 5. The molecule has 2 saturated heterocycles. The van der Waals surface area contributed by atoms with Crippen LogP contribution in [0.2, 0.25) is 0 Å². The summed E-state index contributed by atoms with van der Waals surface area (Å²) in [5.74, 6) is 0.176. The summed E-state index contributed by atoms with van der Waals surface area (Å²) in [6.07, 6.45) is -0.708. The van der Waals surface area contributed by atoms with E-state index in [1.165, 1.54) is 0 Å². The summed E-state index contributed by atoms with van der Waals surface area (Å²) in [5, 5.41) is 75.9. The van der Waals surface area contributed by atoms with Crippen LogP contribution in [0.3, 0.4) is 0 Å². The summed E-state index contributed by atoms with van der Waals surface area (Å²) < 4.78 is 18.8. The fourth-order valence-corrected chi connectivity index (χ4v) is 13.7. The molecule has 46 heavy (non-hydrogen) atoms. The second-order valence-corrected chi connectivity index (χ2v) is 18.7. The Labute approximate surface area is 273 Å². The first kappa shape index (κ1) is 34.1. The van der Waals surface area contributed by atoms with Crippen molar-refractivity contribution in [2.45, 2.75) is 173 Å². The van der Waals surface area contributed by atoms with Gasteiger partial charge in [-0.2, -0.15) is 0 Å². The Morgan fingerprint density at radius 1 is 0.783 bits per heavy atom. The van der Waals surface area contributed by atoms with Crippen molar-refractivity contribution in [3.63, 3.8) is 0 Å². The Balaban J connectivity index is 1.15. The lowest BCUT2D eigenvalue weighted by Crippen LogP contribution is -2.64. The summed E-state index contributed by atoms with van der Waals surface area (Å²) in [5.41, 5.74) is -2.26. The van der Waals surface area contributed by atoms with Crippen LogP contribution >= 0.6 is 0 Å². The van der Waals surface area contributed by atoms with E-state index in [1.54, 1.807) is 0 Å². The lowest BCUT2D eigenvalue weighted by atomic mass is 9.41. The first-order chi connectivity index (χ1) is 21.2. The average molecular weight is 653 g/mol. The van der Waals surface area contributed by atoms with Gasteiger partial charge in [0.15, 0.2) is 6.29 Å². The molecule has 0 amide bonds. The van der Waals surface area contributed by atoms with Crippen molar-refractivity contribution in [1.29, 1.82) is 0 Å². The molecule has 10 nitrogen and oxygen atoms in total. The van der Waals surface area contributed by atoms with E-state index in [4.69, 9.17) is 14.2 Å². The third kappa shape index (κ3) is 4.24. The summed E-state index contributed by atoms with van der Waals surface area (Å²) >= 11 is 0. The fraction of sp³-hybridized carbons (Fsp3) is 1.00. The molecule has 5 aliphatic carbocycles. The molecule has 7 rings (SSSR count). The van der Waals surface area contributed by atoms with Gasteiger partial charge >= 0.3 is 0 Å². The largest absolute Gasteiger partial charge is 0.394 e. The summed E-state index contributed by atoms with van der Waals surface area (Å²) in [6, 6.07) is 0. The Morgan fingerprint density at radius 2 is 1.48 bits per heavy atom. The minimum absolute atomic E-state index is 0.0295. The van der Waals surface area contributed by atoms with Gasteiger partial charge in [-0.15, -0.1) is 0 Å². The monoisotopic (exact) mass is 652 g/mol. The number of hydrogen-bond donors (Lipinski definition) is 7. The molecule has 2 heterocycles. The van der Waals surface area contributed by atoms with Crippen molar-refractivity contribution in [2.24, 2.45) is 44.8 Å². The topological polar surface area (TPSA) is 169 Å². The molecule has 0 aromatic rings. The van der Waals surface area contributed by atoms with Gasteiger partial charge in [0.1, 0.15) is 24.4 Å². The van der Waals surface area contributed by atoms with Crippen molar-refractivity contribution in [1.82, 2.24) is 0 Å². The molecule has 0 aromatic carbocycles. The highest BCUT2D eigenvalue weighted by molar-refractivity contribution is 5.33. The van der Waals surface area contributed by atoms with Gasteiger partial charge in [-0.25, -0.2) is 0 Å². The lowest BCUT2D eigenvalue weighted by Gasteiger charge is -2.64. The number of aliphatic hydroxyl groups excluding tert-OH is 6. The molecule has 264 valence electrons. The van der Waals surface area contributed by atoms with Crippen LogP contribution in [0.25, 0.3) is 0 Å². The molecule has 2 aliphatic heterocycles. The molecule has 0 aromatic heterocycles. The van der Waals surface area contributed by atoms with Gasteiger partial charge in [0.25, 0.3) is 0 Å². The predicted octanol–water partition coefficient (Wildman–Crippen LogP) is 2.26. The van der Waals surface area contributed by atoms with Crippen LogP contribution in [0.1, 0.15) is 106 Å². The zero-order valence-corrected chi connectivity index (χ0v) is 28.9. The highest BCUT2D eigenvalue weighted by atomic mass is 16.7. The van der Waals surface area contributed by atoms with Gasteiger partial charge < -0.3 is 50.0 Å². The maximum absolute atomic E-state index is 12.2. The number of hydrogen-bond acceptors (Lipinski definition) is 10. The van der Waals surface area contributed by atoms with E-state index in [0.29, 0.717) is 19.3 Å². The number of ether oxygens (including phenoxy) is 3. The van der Waals surface area contributed by atoms with Gasteiger partial charge in [0.05, 0.1) is 42.2 Å². The van der Waals surface area contributed by atoms with Crippen LogP contribution in [-0.4, -0.2) is 109 Å². The van der Waals surface area contributed by atoms with Crippen molar-refractivity contribution in [3.8, 4) is 0 Å². The second kappa shape index (κ2) is 10.3. The molecule has 10 heteroatoms. The Morgan fingerprint density at radius 3 is 2.11 bits per heavy atom. The van der Waals surface area contributed by atoms with E-state index in [2.05, 4.69) is 34.6 Å². The molecule has 0 unspecified atom stereocenters. The van der Waals surface area contributed by atoms with Gasteiger partial charge in [0.2, 0.25) is 0 Å². The normalized spacial score (nSPS) is 59.3. The van der Waals surface area contributed by atoms with Crippen molar-refractivity contribution >= 4 is 0 Å². The molecule has 7 fully saturated rings. The van der Waals surface area contributed by atoms with Crippen LogP contribution in [-0.2, 0) is 14.2 Å². The molecule has 0 bridgehead atoms. The van der Waals surface area contributed by atoms with Gasteiger partial charge in [-0.1, -0.05) is 27.7 Å². The molecule has 0 radical (unpaired) electrons. The van der Waals surface area contributed by atoms with E-state index >= 15 is 0 Å². The molecular weight excluding hydrogens is 592 g/mol. The summed E-state index contributed by atoms with van der Waals surface area (Å²) in [7, 11) is 0. The maximum atomic E-state index is 12.2. The predicted molar refractivity (Wildman–Crippen MR) is 167 cm³/mol. The van der Waals surface area contributed by atoms with Crippen molar-refractivity contribution in [3.05, 3.63) is 0 Å². The molecule has 7 aliphatic rings. The molecule has 7 N–H and O–H groups in total. The first-order valence-corrected chi connectivity index (χ1v) is 17.9. The van der Waals surface area contributed by atoms with Crippen LogP contribution in [0.4, 0.5) is 0 Å². The number of fused-ring (bicyclic) bond motifs is 2. The standard InChI is InChI=1S/C36H60O10/c1-30(2)22(45-29-26(42)25(41)24(40)20(16-37)44-29)9-11-36-17-35(36)13-12-32(5)28(34(7)10-8-23(46-34)31(3,4)43)19(39)15-33(32,6)21(35)14-18(38)27(30)36/h18-29,37-43H,8-17H2,1-7H3/t18-,19-,20+,21-,22-,23-,24+,25-,26+,27+,28-,29-,32+,33-,34+,35-,36+/m0/s1. The van der Waals surface area contributed by atoms with Crippen LogP contribution in [0.15, 0.2) is 0 Å². The summed E-state index contributed by atoms with van der Waals surface area (Å²) in [4.78, 5) is 0. The SMILES string of the molecule is CC(C)(O)[C@@H]1CC[C@](C)([C@H]2[C@@H](O)C[C@@]3(C)[C@@H]4C[C@H](O)[C@@H]5C(C)(C)[C@@H](O[C@@H]6O[C@H](CO)[C@@H](O)[C@H](O)[C@H]6O)CC[C@@]56C[C@@]46CC[C@]23C)O1. The van der Waals surface area contributed by atoms with Crippen molar-refractivity contribution in [2.75, 3.05) is 6.61 Å². The fourth-order valence-electron chi connectivity index (χ4n) is 13.7. The zero-order chi connectivity index (χ0) is 33.6.